The molecule has 0 aliphatic heterocycles. The summed E-state index contributed by atoms with van der Waals surface area (Å²) in [6.45, 7) is 7.44. The molecule has 2 N–H and O–H groups in total. The summed E-state index contributed by atoms with van der Waals surface area (Å²) < 4.78 is 0. The largest absolute Gasteiger partial charge is 0.478 e. The standard InChI is InChI=1S/C16H20N2O2/c1-10(2)11(3)9-17-15-8-7-12-13(16(19)20)5-4-6-14(12)18-15/h4-8,10-11H,9H2,1-3H3,(H,17,18)(H,19,20). The summed E-state index contributed by atoms with van der Waals surface area (Å²) in [7, 11) is 0. The number of nitrogens with zero attached hydrogens (tertiary/aromatic N) is 1. The molecule has 4 nitrogen and oxygen atoms in total. The van der Waals surface area contributed by atoms with Crippen LogP contribution in [0.15, 0.2) is 30.3 Å². The molecule has 20 heavy (non-hydrogen) atoms. The van der Waals surface area contributed by atoms with Gasteiger partial charge in [-0.2, -0.15) is 0 Å². The van der Waals surface area contributed by atoms with Crippen molar-refractivity contribution in [3.05, 3.63) is 35.9 Å². The van der Waals surface area contributed by atoms with Gasteiger partial charge in [-0.1, -0.05) is 26.8 Å². The van der Waals surface area contributed by atoms with Gasteiger partial charge in [-0.3, -0.25) is 0 Å². The highest BCUT2D eigenvalue weighted by molar-refractivity contribution is 6.02. The zero-order valence-corrected chi connectivity index (χ0v) is 12.1. The Morgan fingerprint density at radius 1 is 1.25 bits per heavy atom. The van der Waals surface area contributed by atoms with Crippen molar-refractivity contribution < 1.29 is 9.90 Å². The van der Waals surface area contributed by atoms with Crippen molar-refractivity contribution in [2.75, 3.05) is 11.9 Å². The van der Waals surface area contributed by atoms with Gasteiger partial charge in [0.2, 0.25) is 0 Å². The normalized spacial score (nSPS) is 12.6. The molecule has 106 valence electrons. The Labute approximate surface area is 118 Å². The van der Waals surface area contributed by atoms with Crippen LogP contribution < -0.4 is 5.32 Å². The van der Waals surface area contributed by atoms with E-state index in [1.807, 2.05) is 18.2 Å². The highest BCUT2D eigenvalue weighted by Crippen LogP contribution is 2.20. The number of aromatic nitrogens is 1. The van der Waals surface area contributed by atoms with Crippen molar-refractivity contribution >= 4 is 22.7 Å². The summed E-state index contributed by atoms with van der Waals surface area (Å²) in [5, 5.41) is 13.1. The van der Waals surface area contributed by atoms with E-state index in [1.165, 1.54) is 0 Å². The average Bonchev–Trinajstić information content (AvgIpc) is 2.43. The predicted octanol–water partition coefficient (Wildman–Crippen LogP) is 3.64. The highest BCUT2D eigenvalue weighted by atomic mass is 16.4. The summed E-state index contributed by atoms with van der Waals surface area (Å²) >= 11 is 0. The molecule has 0 aliphatic rings. The van der Waals surface area contributed by atoms with Gasteiger partial charge in [-0.25, -0.2) is 9.78 Å². The van der Waals surface area contributed by atoms with E-state index in [4.69, 9.17) is 5.11 Å². The van der Waals surface area contributed by atoms with Crippen LogP contribution in [-0.2, 0) is 0 Å². The van der Waals surface area contributed by atoms with Crippen LogP contribution in [-0.4, -0.2) is 22.6 Å². The van der Waals surface area contributed by atoms with Crippen molar-refractivity contribution in [3.63, 3.8) is 0 Å². The van der Waals surface area contributed by atoms with Gasteiger partial charge in [-0.15, -0.1) is 0 Å². The third kappa shape index (κ3) is 3.07. The lowest BCUT2D eigenvalue weighted by Crippen LogP contribution is -2.16. The van der Waals surface area contributed by atoms with Crippen molar-refractivity contribution in [1.29, 1.82) is 0 Å². The number of anilines is 1. The number of hydrogen-bond acceptors (Lipinski definition) is 3. The van der Waals surface area contributed by atoms with Gasteiger partial charge in [0.25, 0.3) is 0 Å². The zero-order valence-electron chi connectivity index (χ0n) is 12.1. The topological polar surface area (TPSA) is 62.2 Å². The van der Waals surface area contributed by atoms with Crippen molar-refractivity contribution in [2.24, 2.45) is 11.8 Å². The molecular weight excluding hydrogens is 252 g/mol. The van der Waals surface area contributed by atoms with Crippen LogP contribution in [0.4, 0.5) is 5.82 Å². The lowest BCUT2D eigenvalue weighted by atomic mass is 9.98. The fourth-order valence-corrected chi connectivity index (χ4v) is 1.94. The molecule has 0 fully saturated rings. The quantitative estimate of drug-likeness (QED) is 0.872. The molecule has 1 unspecified atom stereocenters. The monoisotopic (exact) mass is 272 g/mol. The Morgan fingerprint density at radius 2 is 2.00 bits per heavy atom. The molecule has 2 rings (SSSR count). The summed E-state index contributed by atoms with van der Waals surface area (Å²) in [4.78, 5) is 15.6. The van der Waals surface area contributed by atoms with Gasteiger partial charge in [0, 0.05) is 11.9 Å². The Hall–Kier alpha value is -2.10. The van der Waals surface area contributed by atoms with Crippen molar-refractivity contribution in [2.45, 2.75) is 20.8 Å². The number of benzene rings is 1. The maximum atomic E-state index is 11.1. The minimum atomic E-state index is -0.925. The van der Waals surface area contributed by atoms with Crippen LogP contribution >= 0.6 is 0 Å². The maximum Gasteiger partial charge on any atom is 0.336 e. The highest BCUT2D eigenvalue weighted by Gasteiger charge is 2.10. The van der Waals surface area contributed by atoms with E-state index in [1.54, 1.807) is 12.1 Å². The number of aromatic carboxylic acids is 1. The zero-order chi connectivity index (χ0) is 14.7. The van der Waals surface area contributed by atoms with E-state index in [2.05, 4.69) is 31.1 Å². The minimum absolute atomic E-state index is 0.289. The second-order valence-corrected chi connectivity index (χ2v) is 5.48. The first-order valence-electron chi connectivity index (χ1n) is 6.86. The molecule has 0 aliphatic carbocycles. The fraction of sp³-hybridized carbons (Fsp3) is 0.375. The Balaban J connectivity index is 2.24. The van der Waals surface area contributed by atoms with E-state index in [0.29, 0.717) is 22.7 Å². The third-order valence-corrected chi connectivity index (χ3v) is 3.71. The second-order valence-electron chi connectivity index (χ2n) is 5.48. The van der Waals surface area contributed by atoms with E-state index in [9.17, 15) is 4.79 Å². The molecule has 1 aromatic heterocycles. The van der Waals surface area contributed by atoms with Crippen LogP contribution in [0.2, 0.25) is 0 Å². The lowest BCUT2D eigenvalue weighted by molar-refractivity contribution is 0.0699. The number of pyridine rings is 1. The first-order valence-corrected chi connectivity index (χ1v) is 6.86. The number of nitrogens with one attached hydrogen (secondary N) is 1. The number of carboxylic acid groups (broad SMARTS) is 1. The van der Waals surface area contributed by atoms with Crippen molar-refractivity contribution in [1.82, 2.24) is 4.98 Å². The molecule has 0 spiro atoms. The molecular formula is C16H20N2O2. The van der Waals surface area contributed by atoms with Crippen molar-refractivity contribution in [3.8, 4) is 0 Å². The Morgan fingerprint density at radius 3 is 2.65 bits per heavy atom. The number of fused-ring (bicyclic) bond motifs is 1. The predicted molar refractivity (Wildman–Crippen MR) is 81.2 cm³/mol. The summed E-state index contributed by atoms with van der Waals surface area (Å²) in [5.74, 6) is 1.03. The summed E-state index contributed by atoms with van der Waals surface area (Å²) in [6.07, 6.45) is 0. The second kappa shape index (κ2) is 5.90. The van der Waals surface area contributed by atoms with Crippen LogP contribution in [0.25, 0.3) is 10.9 Å². The minimum Gasteiger partial charge on any atom is -0.478 e. The molecule has 0 saturated heterocycles. The Bertz CT molecular complexity index is 623. The lowest BCUT2D eigenvalue weighted by Gasteiger charge is -2.16. The van der Waals surface area contributed by atoms with E-state index in [0.717, 1.165) is 12.4 Å². The fourth-order valence-electron chi connectivity index (χ4n) is 1.94. The van der Waals surface area contributed by atoms with Gasteiger partial charge < -0.3 is 10.4 Å². The first-order chi connectivity index (χ1) is 9.49. The van der Waals surface area contributed by atoms with Gasteiger partial charge in [0.05, 0.1) is 11.1 Å². The molecule has 1 aromatic carbocycles. The molecule has 0 amide bonds. The van der Waals surface area contributed by atoms with E-state index in [-0.39, 0.29) is 5.56 Å². The summed E-state index contributed by atoms with van der Waals surface area (Å²) in [6, 6.07) is 8.80. The van der Waals surface area contributed by atoms with Crippen LogP contribution in [0.1, 0.15) is 31.1 Å². The van der Waals surface area contributed by atoms with Crippen LogP contribution in [0.3, 0.4) is 0 Å². The first kappa shape index (κ1) is 14.3. The molecule has 1 heterocycles. The van der Waals surface area contributed by atoms with Crippen LogP contribution in [0.5, 0.6) is 0 Å². The average molecular weight is 272 g/mol. The van der Waals surface area contributed by atoms with Gasteiger partial charge in [-0.05, 0) is 36.1 Å². The van der Waals surface area contributed by atoms with E-state index < -0.39 is 5.97 Å². The smallest absolute Gasteiger partial charge is 0.336 e. The molecule has 4 heteroatoms. The molecule has 0 radical (unpaired) electrons. The summed E-state index contributed by atoms with van der Waals surface area (Å²) in [5.41, 5.74) is 0.990. The number of hydrogen-bond donors (Lipinski definition) is 2. The molecule has 2 aromatic rings. The van der Waals surface area contributed by atoms with Gasteiger partial charge in [0.1, 0.15) is 5.82 Å². The van der Waals surface area contributed by atoms with Gasteiger partial charge >= 0.3 is 5.97 Å². The maximum absolute atomic E-state index is 11.1. The number of carboxylic acids is 1. The SMILES string of the molecule is CC(C)C(C)CNc1ccc2c(C(=O)O)cccc2n1. The third-order valence-electron chi connectivity index (χ3n) is 3.71. The van der Waals surface area contributed by atoms with Gasteiger partial charge in [0.15, 0.2) is 0 Å². The molecule has 1 atom stereocenters. The number of carbonyl (C=O) groups is 1. The molecule has 0 bridgehead atoms. The molecule has 0 saturated carbocycles. The van der Waals surface area contributed by atoms with E-state index >= 15 is 0 Å². The Kier molecular flexibility index (Phi) is 4.23. The number of rotatable bonds is 5. The van der Waals surface area contributed by atoms with Crippen LogP contribution in [0, 0.1) is 11.8 Å².